The van der Waals surface area contributed by atoms with Gasteiger partial charge in [-0.3, -0.25) is 9.69 Å². The Morgan fingerprint density at radius 1 is 1.40 bits per heavy atom. The van der Waals surface area contributed by atoms with Crippen LogP contribution in [0.3, 0.4) is 0 Å². The fraction of sp³-hybridized carbons (Fsp3) is 0.500. The van der Waals surface area contributed by atoms with Crippen molar-refractivity contribution < 1.29 is 9.18 Å². The molecule has 1 unspecified atom stereocenters. The fourth-order valence-electron chi connectivity index (χ4n) is 2.40. The minimum absolute atomic E-state index is 0.0976. The van der Waals surface area contributed by atoms with Crippen molar-refractivity contribution in [2.24, 2.45) is 5.73 Å². The average molecular weight is 280 g/mol. The third kappa shape index (κ3) is 4.00. The lowest BCUT2D eigenvalue weighted by Crippen LogP contribution is -2.56. The van der Waals surface area contributed by atoms with Gasteiger partial charge in [0.05, 0.1) is 6.54 Å². The van der Waals surface area contributed by atoms with E-state index in [4.69, 9.17) is 5.73 Å². The van der Waals surface area contributed by atoms with Gasteiger partial charge in [-0.05, 0) is 31.3 Å². The molecule has 1 amide bonds. The molecule has 0 aliphatic carbocycles. The zero-order valence-corrected chi connectivity index (χ0v) is 11.7. The van der Waals surface area contributed by atoms with Crippen molar-refractivity contribution in [2.75, 3.05) is 45.1 Å². The first-order valence-corrected chi connectivity index (χ1v) is 6.76. The van der Waals surface area contributed by atoms with Crippen molar-refractivity contribution in [3.05, 3.63) is 30.1 Å². The average Bonchev–Trinajstić information content (AvgIpc) is 2.43. The molecule has 1 aromatic rings. The van der Waals surface area contributed by atoms with Gasteiger partial charge in [0.1, 0.15) is 5.82 Å². The predicted molar refractivity (Wildman–Crippen MR) is 76.9 cm³/mol. The molecule has 110 valence electrons. The van der Waals surface area contributed by atoms with Crippen LogP contribution in [-0.4, -0.2) is 61.5 Å². The number of benzene rings is 1. The van der Waals surface area contributed by atoms with Crippen molar-refractivity contribution in [3.63, 3.8) is 0 Å². The van der Waals surface area contributed by atoms with E-state index in [1.807, 2.05) is 0 Å². The molecule has 1 saturated heterocycles. The van der Waals surface area contributed by atoms with Crippen LogP contribution < -0.4 is 11.1 Å². The lowest BCUT2D eigenvalue weighted by Gasteiger charge is -2.39. The van der Waals surface area contributed by atoms with Crippen molar-refractivity contribution in [1.82, 2.24) is 9.80 Å². The fourth-order valence-corrected chi connectivity index (χ4v) is 2.40. The second kappa shape index (κ2) is 6.78. The highest BCUT2D eigenvalue weighted by molar-refractivity contribution is 5.92. The maximum Gasteiger partial charge on any atom is 0.238 e. The highest BCUT2D eigenvalue weighted by Gasteiger charge is 2.25. The van der Waals surface area contributed by atoms with Crippen LogP contribution in [0, 0.1) is 5.82 Å². The Morgan fingerprint density at radius 2 is 2.10 bits per heavy atom. The Kier molecular flexibility index (Phi) is 5.05. The first kappa shape index (κ1) is 14.9. The molecule has 20 heavy (non-hydrogen) atoms. The molecule has 6 heteroatoms. The first-order chi connectivity index (χ1) is 9.58. The number of hydrogen-bond acceptors (Lipinski definition) is 4. The smallest absolute Gasteiger partial charge is 0.238 e. The van der Waals surface area contributed by atoms with Crippen molar-refractivity contribution in [2.45, 2.75) is 6.04 Å². The van der Waals surface area contributed by atoms with Crippen LogP contribution in [-0.2, 0) is 4.79 Å². The van der Waals surface area contributed by atoms with Gasteiger partial charge in [-0.15, -0.1) is 0 Å². The molecule has 1 heterocycles. The topological polar surface area (TPSA) is 61.6 Å². The van der Waals surface area contributed by atoms with Gasteiger partial charge in [0, 0.05) is 37.9 Å². The lowest BCUT2D eigenvalue weighted by molar-refractivity contribution is -0.118. The summed E-state index contributed by atoms with van der Waals surface area (Å²) in [5, 5.41) is 2.77. The number of hydrogen-bond donors (Lipinski definition) is 2. The number of anilines is 1. The summed E-state index contributed by atoms with van der Waals surface area (Å²) in [7, 11) is 2.05. The Balaban J connectivity index is 1.88. The zero-order valence-electron chi connectivity index (χ0n) is 11.7. The SMILES string of the molecule is CN1CCN(CC(=O)Nc2ccc(F)cc2)C(CN)C1. The van der Waals surface area contributed by atoms with Crippen molar-refractivity contribution >= 4 is 11.6 Å². The van der Waals surface area contributed by atoms with Gasteiger partial charge in [0.25, 0.3) is 0 Å². The molecule has 5 nitrogen and oxygen atoms in total. The molecular weight excluding hydrogens is 259 g/mol. The van der Waals surface area contributed by atoms with E-state index in [0.717, 1.165) is 19.6 Å². The van der Waals surface area contributed by atoms with Crippen LogP contribution >= 0.6 is 0 Å². The van der Waals surface area contributed by atoms with E-state index in [1.165, 1.54) is 12.1 Å². The molecule has 3 N–H and O–H groups in total. The van der Waals surface area contributed by atoms with Gasteiger partial charge >= 0.3 is 0 Å². The molecule has 0 saturated carbocycles. The van der Waals surface area contributed by atoms with Gasteiger partial charge in [-0.1, -0.05) is 0 Å². The largest absolute Gasteiger partial charge is 0.329 e. The van der Waals surface area contributed by atoms with E-state index in [9.17, 15) is 9.18 Å². The number of nitrogens with one attached hydrogen (secondary N) is 1. The quantitative estimate of drug-likeness (QED) is 0.835. The van der Waals surface area contributed by atoms with E-state index < -0.39 is 0 Å². The molecule has 0 bridgehead atoms. The molecule has 1 fully saturated rings. The van der Waals surface area contributed by atoms with Crippen LogP contribution in [0.2, 0.25) is 0 Å². The predicted octanol–water partition coefficient (Wildman–Crippen LogP) is 0.339. The number of likely N-dealkylation sites (N-methyl/N-ethyl adjacent to an activating group) is 1. The van der Waals surface area contributed by atoms with Crippen LogP contribution in [0.25, 0.3) is 0 Å². The highest BCUT2D eigenvalue weighted by atomic mass is 19.1. The number of nitrogens with two attached hydrogens (primary N) is 1. The minimum Gasteiger partial charge on any atom is -0.329 e. The van der Waals surface area contributed by atoms with Crippen LogP contribution in [0.4, 0.5) is 10.1 Å². The summed E-state index contributed by atoms with van der Waals surface area (Å²) in [5.74, 6) is -0.412. The molecule has 0 aromatic heterocycles. The first-order valence-electron chi connectivity index (χ1n) is 6.76. The van der Waals surface area contributed by atoms with E-state index in [1.54, 1.807) is 12.1 Å². The van der Waals surface area contributed by atoms with E-state index in [2.05, 4.69) is 22.2 Å². The summed E-state index contributed by atoms with van der Waals surface area (Å²) in [4.78, 5) is 16.3. The number of carbonyl (C=O) groups is 1. The minimum atomic E-state index is -0.315. The van der Waals surface area contributed by atoms with E-state index in [0.29, 0.717) is 18.8 Å². The Hall–Kier alpha value is -1.50. The molecule has 0 spiro atoms. The van der Waals surface area contributed by atoms with E-state index in [-0.39, 0.29) is 17.8 Å². The maximum atomic E-state index is 12.8. The standard InChI is InChI=1S/C14H21FN4O/c1-18-6-7-19(13(8-16)9-18)10-14(20)17-12-4-2-11(15)3-5-12/h2-5,13H,6-10,16H2,1H3,(H,17,20). The van der Waals surface area contributed by atoms with Crippen LogP contribution in [0.5, 0.6) is 0 Å². The molecule has 1 atom stereocenters. The summed E-state index contributed by atoms with van der Waals surface area (Å²) < 4.78 is 12.8. The molecule has 1 aliphatic heterocycles. The van der Waals surface area contributed by atoms with Gasteiger partial charge in [0.15, 0.2) is 0 Å². The number of amides is 1. The zero-order chi connectivity index (χ0) is 14.5. The second-order valence-corrected chi connectivity index (χ2v) is 5.18. The molecule has 0 radical (unpaired) electrons. The van der Waals surface area contributed by atoms with Crippen LogP contribution in [0.15, 0.2) is 24.3 Å². The van der Waals surface area contributed by atoms with Gasteiger partial charge < -0.3 is 16.0 Å². The van der Waals surface area contributed by atoms with Gasteiger partial charge in [-0.2, -0.15) is 0 Å². The molecule has 1 aliphatic rings. The number of carbonyl (C=O) groups excluding carboxylic acids is 1. The monoisotopic (exact) mass is 280 g/mol. The molecular formula is C14H21FN4O. The highest BCUT2D eigenvalue weighted by Crippen LogP contribution is 2.10. The molecule has 2 rings (SSSR count). The van der Waals surface area contributed by atoms with E-state index >= 15 is 0 Å². The summed E-state index contributed by atoms with van der Waals surface area (Å²) in [6, 6.07) is 5.96. The summed E-state index contributed by atoms with van der Waals surface area (Å²) in [6.45, 7) is 3.48. The summed E-state index contributed by atoms with van der Waals surface area (Å²) in [6.07, 6.45) is 0. The third-order valence-electron chi connectivity index (χ3n) is 3.55. The number of halogens is 1. The van der Waals surface area contributed by atoms with Crippen molar-refractivity contribution in [1.29, 1.82) is 0 Å². The normalized spacial score (nSPS) is 20.9. The number of piperazine rings is 1. The van der Waals surface area contributed by atoms with Crippen LogP contribution in [0.1, 0.15) is 0 Å². The third-order valence-corrected chi connectivity index (χ3v) is 3.55. The molecule has 1 aromatic carbocycles. The Bertz CT molecular complexity index is 451. The summed E-state index contributed by atoms with van der Waals surface area (Å²) >= 11 is 0. The van der Waals surface area contributed by atoms with Gasteiger partial charge in [0.2, 0.25) is 5.91 Å². The number of nitrogens with zero attached hydrogens (tertiary/aromatic N) is 2. The Morgan fingerprint density at radius 3 is 2.75 bits per heavy atom. The van der Waals surface area contributed by atoms with Crippen molar-refractivity contribution in [3.8, 4) is 0 Å². The second-order valence-electron chi connectivity index (χ2n) is 5.18. The Labute approximate surface area is 118 Å². The van der Waals surface area contributed by atoms with Gasteiger partial charge in [-0.25, -0.2) is 4.39 Å². The summed E-state index contributed by atoms with van der Waals surface area (Å²) in [5.41, 5.74) is 6.37. The maximum absolute atomic E-state index is 12.8. The lowest BCUT2D eigenvalue weighted by atomic mass is 10.1. The number of rotatable bonds is 4.